The fourth-order valence-corrected chi connectivity index (χ4v) is 4.95. The highest BCUT2D eigenvalue weighted by molar-refractivity contribution is 7.89. The molecule has 2 N–H and O–H groups in total. The predicted octanol–water partition coefficient (Wildman–Crippen LogP) is 4.51. The smallest absolute Gasteiger partial charge is 0.242 e. The van der Waals surface area contributed by atoms with Gasteiger partial charge in [-0.05, 0) is 42.7 Å². The number of benzene rings is 3. The molecule has 1 atom stereocenters. The average molecular weight is 477 g/mol. The molecule has 3 aromatic rings. The zero-order chi connectivity index (χ0) is 22.4. The lowest BCUT2D eigenvalue weighted by Crippen LogP contribution is -2.47. The van der Waals surface area contributed by atoms with Gasteiger partial charge in [0.1, 0.15) is 10.9 Å². The van der Waals surface area contributed by atoms with E-state index in [2.05, 4.69) is 10.0 Å². The van der Waals surface area contributed by atoms with Crippen molar-refractivity contribution >= 4 is 39.1 Å². The molecule has 0 unspecified atom stereocenters. The van der Waals surface area contributed by atoms with E-state index in [4.69, 9.17) is 23.2 Å². The van der Waals surface area contributed by atoms with Crippen LogP contribution >= 0.6 is 23.2 Å². The van der Waals surface area contributed by atoms with Crippen molar-refractivity contribution in [3.63, 3.8) is 0 Å². The summed E-state index contributed by atoms with van der Waals surface area (Å²) in [6, 6.07) is 20.0. The van der Waals surface area contributed by atoms with Gasteiger partial charge in [0.2, 0.25) is 15.9 Å². The zero-order valence-corrected chi connectivity index (χ0v) is 19.1. The van der Waals surface area contributed by atoms with Gasteiger partial charge in [0.15, 0.2) is 0 Å². The Balaban J connectivity index is 1.82. The Morgan fingerprint density at radius 2 is 1.61 bits per heavy atom. The number of carbonyl (C=O) groups is 1. The van der Waals surface area contributed by atoms with Gasteiger partial charge >= 0.3 is 0 Å². The van der Waals surface area contributed by atoms with Gasteiger partial charge in [0.25, 0.3) is 0 Å². The first-order valence-electron chi connectivity index (χ1n) is 9.59. The molecule has 0 aliphatic heterocycles. The molecule has 0 aliphatic carbocycles. The standard InChI is InChI=1S/C23H22Cl2N2O3S/c1-16-7-9-18(10-8-16)15-26-23(28)21(13-17-5-3-2-4-6-17)27-31(29,30)22-14-19(24)11-12-20(22)25/h2-12,14,21,27H,13,15H2,1H3,(H,26,28)/t21-/m0/s1. The van der Waals surface area contributed by atoms with E-state index in [1.165, 1.54) is 18.2 Å². The van der Waals surface area contributed by atoms with Gasteiger partial charge in [0.05, 0.1) is 5.02 Å². The van der Waals surface area contributed by atoms with Crippen molar-refractivity contribution in [3.05, 3.63) is 99.5 Å². The Bertz CT molecular complexity index is 1150. The van der Waals surface area contributed by atoms with Gasteiger partial charge in [-0.3, -0.25) is 4.79 Å². The van der Waals surface area contributed by atoms with Gasteiger partial charge in [-0.15, -0.1) is 0 Å². The number of rotatable bonds is 8. The number of nitrogens with one attached hydrogen (secondary N) is 2. The van der Waals surface area contributed by atoms with Crippen molar-refractivity contribution in [2.45, 2.75) is 30.8 Å². The topological polar surface area (TPSA) is 75.3 Å². The molecule has 5 nitrogen and oxygen atoms in total. The van der Waals surface area contributed by atoms with Crippen LogP contribution < -0.4 is 10.0 Å². The molecule has 0 aromatic heterocycles. The maximum Gasteiger partial charge on any atom is 0.242 e. The predicted molar refractivity (Wildman–Crippen MR) is 124 cm³/mol. The molecule has 0 fully saturated rings. The number of halogens is 2. The first-order valence-corrected chi connectivity index (χ1v) is 11.8. The maximum atomic E-state index is 13.0. The van der Waals surface area contributed by atoms with E-state index in [9.17, 15) is 13.2 Å². The summed E-state index contributed by atoms with van der Waals surface area (Å²) in [5, 5.41) is 3.07. The lowest BCUT2D eigenvalue weighted by molar-refractivity contribution is -0.122. The van der Waals surface area contributed by atoms with Crippen LogP contribution in [-0.4, -0.2) is 20.4 Å². The Morgan fingerprint density at radius 3 is 2.29 bits per heavy atom. The van der Waals surface area contributed by atoms with E-state index in [1.807, 2.05) is 61.5 Å². The van der Waals surface area contributed by atoms with Crippen LogP contribution in [-0.2, 0) is 27.8 Å². The van der Waals surface area contributed by atoms with Crippen LogP contribution in [0.4, 0.5) is 0 Å². The molecule has 1 amide bonds. The molecule has 0 radical (unpaired) electrons. The Labute approximate surface area is 192 Å². The van der Waals surface area contributed by atoms with Crippen LogP contribution in [0.1, 0.15) is 16.7 Å². The summed E-state index contributed by atoms with van der Waals surface area (Å²) in [6.45, 7) is 2.26. The van der Waals surface area contributed by atoms with Gasteiger partial charge in [-0.25, -0.2) is 8.42 Å². The second-order valence-corrected chi connectivity index (χ2v) is 9.67. The van der Waals surface area contributed by atoms with Crippen molar-refractivity contribution in [1.29, 1.82) is 0 Å². The van der Waals surface area contributed by atoms with Crippen LogP contribution in [0.15, 0.2) is 77.7 Å². The first-order chi connectivity index (χ1) is 14.7. The Hall–Kier alpha value is -2.38. The second-order valence-electron chi connectivity index (χ2n) is 7.14. The SMILES string of the molecule is Cc1ccc(CNC(=O)[C@H](Cc2ccccc2)NS(=O)(=O)c2cc(Cl)ccc2Cl)cc1. The summed E-state index contributed by atoms with van der Waals surface area (Å²) in [5.41, 5.74) is 2.85. The van der Waals surface area contributed by atoms with Gasteiger partial charge in [0, 0.05) is 11.6 Å². The Morgan fingerprint density at radius 1 is 0.935 bits per heavy atom. The molecule has 3 rings (SSSR count). The number of aryl methyl sites for hydroxylation is 1. The minimum Gasteiger partial charge on any atom is -0.351 e. The molecule has 3 aromatic carbocycles. The molecule has 0 heterocycles. The molecular formula is C23H22Cl2N2O3S. The van der Waals surface area contributed by atoms with Gasteiger partial charge in [-0.1, -0.05) is 83.4 Å². The molecule has 162 valence electrons. The third-order valence-corrected chi connectivity index (χ3v) is 6.86. The summed E-state index contributed by atoms with van der Waals surface area (Å²) in [5.74, 6) is -0.439. The van der Waals surface area contributed by atoms with Crippen molar-refractivity contribution in [1.82, 2.24) is 10.0 Å². The van der Waals surface area contributed by atoms with Crippen LogP contribution in [0.25, 0.3) is 0 Å². The van der Waals surface area contributed by atoms with Crippen molar-refractivity contribution in [2.24, 2.45) is 0 Å². The van der Waals surface area contributed by atoms with Crippen molar-refractivity contribution in [2.75, 3.05) is 0 Å². The summed E-state index contributed by atoms with van der Waals surface area (Å²) in [6.07, 6.45) is 0.179. The quantitative estimate of drug-likeness (QED) is 0.502. The van der Waals surface area contributed by atoms with E-state index in [1.54, 1.807) is 0 Å². The molecule has 0 spiro atoms. The summed E-state index contributed by atoms with van der Waals surface area (Å²) >= 11 is 12.0. The Kier molecular flexibility index (Phi) is 7.73. The fourth-order valence-electron chi connectivity index (χ4n) is 2.99. The van der Waals surface area contributed by atoms with E-state index < -0.39 is 22.0 Å². The number of hydrogen-bond acceptors (Lipinski definition) is 3. The van der Waals surface area contributed by atoms with Gasteiger partial charge < -0.3 is 5.32 Å². The van der Waals surface area contributed by atoms with Crippen LogP contribution in [0.2, 0.25) is 10.0 Å². The highest BCUT2D eigenvalue weighted by atomic mass is 35.5. The normalized spacial score (nSPS) is 12.4. The zero-order valence-electron chi connectivity index (χ0n) is 16.8. The number of carbonyl (C=O) groups excluding carboxylic acids is 1. The third kappa shape index (κ3) is 6.55. The highest BCUT2D eigenvalue weighted by Gasteiger charge is 2.27. The van der Waals surface area contributed by atoms with Crippen LogP contribution in [0.3, 0.4) is 0 Å². The molecule has 31 heavy (non-hydrogen) atoms. The van der Waals surface area contributed by atoms with Crippen molar-refractivity contribution < 1.29 is 13.2 Å². The molecule has 0 saturated heterocycles. The molecule has 0 bridgehead atoms. The largest absolute Gasteiger partial charge is 0.351 e. The first kappa shape index (κ1) is 23.3. The molecule has 0 aliphatic rings. The summed E-state index contributed by atoms with van der Waals surface area (Å²) in [4.78, 5) is 12.8. The fraction of sp³-hybridized carbons (Fsp3) is 0.174. The van der Waals surface area contributed by atoms with Gasteiger partial charge in [-0.2, -0.15) is 4.72 Å². The van der Waals surface area contributed by atoms with E-state index in [-0.39, 0.29) is 27.9 Å². The van der Waals surface area contributed by atoms with E-state index in [0.717, 1.165) is 16.7 Å². The number of sulfonamides is 1. The lowest BCUT2D eigenvalue weighted by atomic mass is 10.1. The van der Waals surface area contributed by atoms with E-state index in [0.29, 0.717) is 0 Å². The summed E-state index contributed by atoms with van der Waals surface area (Å²) < 4.78 is 28.5. The van der Waals surface area contributed by atoms with E-state index >= 15 is 0 Å². The third-order valence-electron chi connectivity index (χ3n) is 4.67. The number of hydrogen-bond donors (Lipinski definition) is 2. The van der Waals surface area contributed by atoms with Crippen LogP contribution in [0.5, 0.6) is 0 Å². The maximum absolute atomic E-state index is 13.0. The highest BCUT2D eigenvalue weighted by Crippen LogP contribution is 2.25. The second kappa shape index (κ2) is 10.3. The molecule has 8 heteroatoms. The lowest BCUT2D eigenvalue weighted by Gasteiger charge is -2.19. The monoisotopic (exact) mass is 476 g/mol. The van der Waals surface area contributed by atoms with Crippen LogP contribution in [0, 0.1) is 6.92 Å². The molecular weight excluding hydrogens is 455 g/mol. The minimum absolute atomic E-state index is 0.0235. The summed E-state index contributed by atoms with van der Waals surface area (Å²) in [7, 11) is -4.09. The minimum atomic E-state index is -4.09. The average Bonchev–Trinajstić information content (AvgIpc) is 2.75. The number of amides is 1. The van der Waals surface area contributed by atoms with Crippen molar-refractivity contribution in [3.8, 4) is 0 Å². The molecule has 0 saturated carbocycles.